The Hall–Kier alpha value is -1.00. The van der Waals surface area contributed by atoms with Gasteiger partial charge in [0.2, 0.25) is 5.91 Å². The minimum absolute atomic E-state index is 0.0533. The van der Waals surface area contributed by atoms with Crippen molar-refractivity contribution in [3.63, 3.8) is 0 Å². The van der Waals surface area contributed by atoms with Crippen molar-refractivity contribution in [2.45, 2.75) is 16.6 Å². The number of thioether (sulfide) groups is 1. The van der Waals surface area contributed by atoms with E-state index in [1.165, 1.54) is 10.5 Å². The van der Waals surface area contributed by atoms with Crippen molar-refractivity contribution in [2.24, 2.45) is 5.84 Å². The van der Waals surface area contributed by atoms with Crippen molar-refractivity contribution in [2.75, 3.05) is 0 Å². The summed E-state index contributed by atoms with van der Waals surface area (Å²) in [5.41, 5.74) is 3.42. The van der Waals surface area contributed by atoms with Gasteiger partial charge in [-0.3, -0.25) is 10.2 Å². The highest BCUT2D eigenvalue weighted by Crippen LogP contribution is 2.36. The van der Waals surface area contributed by atoms with Crippen LogP contribution in [0.2, 0.25) is 0 Å². The van der Waals surface area contributed by atoms with Crippen LogP contribution in [0.1, 0.15) is 5.56 Å². The van der Waals surface area contributed by atoms with Crippen LogP contribution in [0.5, 0.6) is 0 Å². The van der Waals surface area contributed by atoms with Crippen LogP contribution < -0.4 is 11.3 Å². The fourth-order valence-corrected chi connectivity index (χ4v) is 2.63. The molecule has 3 N–H and O–H groups in total. The first kappa shape index (κ1) is 8.59. The lowest BCUT2D eigenvalue weighted by Crippen LogP contribution is -2.37. The van der Waals surface area contributed by atoms with Gasteiger partial charge in [-0.15, -0.1) is 11.8 Å². The van der Waals surface area contributed by atoms with E-state index in [4.69, 9.17) is 5.84 Å². The van der Waals surface area contributed by atoms with E-state index in [9.17, 15) is 4.79 Å². The molecule has 0 fully saturated rings. The minimum Gasteiger partial charge on any atom is -0.293 e. The van der Waals surface area contributed by atoms with Crippen molar-refractivity contribution >= 4 is 17.7 Å². The smallest absolute Gasteiger partial charge is 0.247 e. The van der Waals surface area contributed by atoms with E-state index in [0.717, 1.165) is 6.42 Å². The first-order valence-electron chi connectivity index (χ1n) is 4.06. The van der Waals surface area contributed by atoms with Gasteiger partial charge in [-0.25, -0.2) is 5.84 Å². The summed E-state index contributed by atoms with van der Waals surface area (Å²) in [5.74, 6) is 4.98. The molecule has 3 nitrogen and oxygen atoms in total. The Morgan fingerprint density at radius 1 is 1.54 bits per heavy atom. The average molecular weight is 194 g/mol. The standard InChI is InChI=1S/C9H10N2OS/c10-11-9(12)8-5-6-3-1-2-4-7(6)13-8/h1-4,8H,5,10H2,(H,11,12). The lowest BCUT2D eigenvalue weighted by molar-refractivity contribution is -0.120. The van der Waals surface area contributed by atoms with Crippen molar-refractivity contribution < 1.29 is 4.79 Å². The fraction of sp³-hybridized carbons (Fsp3) is 0.222. The predicted octanol–water partition coefficient (Wildman–Crippen LogP) is 0.693. The summed E-state index contributed by atoms with van der Waals surface area (Å²) in [7, 11) is 0. The van der Waals surface area contributed by atoms with E-state index < -0.39 is 0 Å². The van der Waals surface area contributed by atoms with Crippen molar-refractivity contribution in [3.8, 4) is 0 Å². The summed E-state index contributed by atoms with van der Waals surface area (Å²) in [6.07, 6.45) is 0.782. The molecule has 0 radical (unpaired) electrons. The molecule has 13 heavy (non-hydrogen) atoms. The van der Waals surface area contributed by atoms with Gasteiger partial charge in [0.1, 0.15) is 0 Å². The molecule has 1 aromatic carbocycles. The Kier molecular flexibility index (Phi) is 2.24. The normalized spacial score (nSPS) is 19.6. The Morgan fingerprint density at radius 2 is 2.31 bits per heavy atom. The SMILES string of the molecule is NNC(=O)C1Cc2ccccc2S1. The molecule has 0 aliphatic carbocycles. The van der Waals surface area contributed by atoms with Crippen LogP contribution in [0.4, 0.5) is 0 Å². The number of fused-ring (bicyclic) bond motifs is 1. The number of amides is 1. The molecular weight excluding hydrogens is 184 g/mol. The lowest BCUT2D eigenvalue weighted by atomic mass is 10.1. The summed E-state index contributed by atoms with van der Waals surface area (Å²) < 4.78 is 0. The number of hydrogen-bond donors (Lipinski definition) is 2. The second kappa shape index (κ2) is 3.40. The topological polar surface area (TPSA) is 55.1 Å². The third-order valence-electron chi connectivity index (χ3n) is 2.08. The van der Waals surface area contributed by atoms with Crippen LogP contribution >= 0.6 is 11.8 Å². The van der Waals surface area contributed by atoms with E-state index in [1.807, 2.05) is 24.3 Å². The first-order chi connectivity index (χ1) is 6.31. The molecule has 0 bridgehead atoms. The summed E-state index contributed by atoms with van der Waals surface area (Å²) >= 11 is 1.58. The number of hydrazine groups is 1. The van der Waals surface area contributed by atoms with E-state index in [2.05, 4.69) is 5.43 Å². The van der Waals surface area contributed by atoms with Gasteiger partial charge in [0.25, 0.3) is 0 Å². The maximum atomic E-state index is 11.2. The molecule has 68 valence electrons. The highest BCUT2D eigenvalue weighted by molar-refractivity contribution is 8.01. The van der Waals surface area contributed by atoms with E-state index in [0.29, 0.717) is 0 Å². The van der Waals surface area contributed by atoms with Crippen LogP contribution in [0.15, 0.2) is 29.2 Å². The first-order valence-corrected chi connectivity index (χ1v) is 4.94. The second-order valence-corrected chi connectivity index (χ2v) is 4.17. The Labute approximate surface area is 80.7 Å². The Morgan fingerprint density at radius 3 is 3.00 bits per heavy atom. The lowest BCUT2D eigenvalue weighted by Gasteiger charge is -2.04. The van der Waals surface area contributed by atoms with Crippen LogP contribution in [0.3, 0.4) is 0 Å². The zero-order chi connectivity index (χ0) is 9.26. The largest absolute Gasteiger partial charge is 0.293 e. The van der Waals surface area contributed by atoms with Crippen molar-refractivity contribution in [1.82, 2.24) is 5.43 Å². The minimum atomic E-state index is -0.0961. The molecule has 0 aromatic heterocycles. The Bertz CT molecular complexity index is 315. The molecule has 2 rings (SSSR count). The van der Waals surface area contributed by atoms with Crippen LogP contribution in [-0.2, 0) is 11.2 Å². The molecule has 1 aliphatic rings. The number of hydrogen-bond acceptors (Lipinski definition) is 3. The summed E-state index contributed by atoms with van der Waals surface area (Å²) in [4.78, 5) is 12.4. The summed E-state index contributed by atoms with van der Waals surface area (Å²) in [5, 5.41) is -0.0533. The van der Waals surface area contributed by atoms with Gasteiger partial charge in [-0.1, -0.05) is 18.2 Å². The third-order valence-corrected chi connectivity index (χ3v) is 3.40. The van der Waals surface area contributed by atoms with Gasteiger partial charge in [0.15, 0.2) is 0 Å². The van der Waals surface area contributed by atoms with Crippen LogP contribution in [-0.4, -0.2) is 11.2 Å². The number of carbonyl (C=O) groups excluding carboxylic acids is 1. The number of rotatable bonds is 1. The molecule has 0 saturated carbocycles. The molecule has 1 unspecified atom stereocenters. The van der Waals surface area contributed by atoms with Gasteiger partial charge in [-0.2, -0.15) is 0 Å². The van der Waals surface area contributed by atoms with Crippen molar-refractivity contribution in [3.05, 3.63) is 29.8 Å². The number of benzene rings is 1. The van der Waals surface area contributed by atoms with E-state index >= 15 is 0 Å². The van der Waals surface area contributed by atoms with Gasteiger partial charge in [0.05, 0.1) is 5.25 Å². The molecule has 1 aliphatic heterocycles. The van der Waals surface area contributed by atoms with Gasteiger partial charge >= 0.3 is 0 Å². The highest BCUT2D eigenvalue weighted by Gasteiger charge is 2.27. The van der Waals surface area contributed by atoms with E-state index in [-0.39, 0.29) is 11.2 Å². The van der Waals surface area contributed by atoms with Gasteiger partial charge in [-0.05, 0) is 18.1 Å². The molecule has 1 aromatic rings. The molecular formula is C9H10N2OS. The predicted molar refractivity (Wildman–Crippen MR) is 52.1 cm³/mol. The van der Waals surface area contributed by atoms with Gasteiger partial charge < -0.3 is 0 Å². The van der Waals surface area contributed by atoms with Crippen LogP contribution in [0.25, 0.3) is 0 Å². The third kappa shape index (κ3) is 1.55. The number of nitrogens with two attached hydrogens (primary N) is 1. The summed E-state index contributed by atoms with van der Waals surface area (Å²) in [6.45, 7) is 0. The molecule has 1 amide bonds. The maximum absolute atomic E-state index is 11.2. The molecule has 0 spiro atoms. The molecule has 1 atom stereocenters. The van der Waals surface area contributed by atoms with Crippen LogP contribution in [0, 0.1) is 0 Å². The molecule has 0 saturated heterocycles. The fourth-order valence-electron chi connectivity index (χ4n) is 1.42. The van der Waals surface area contributed by atoms with Gasteiger partial charge in [0, 0.05) is 4.90 Å². The zero-order valence-corrected chi connectivity index (χ0v) is 7.80. The number of carbonyl (C=O) groups is 1. The average Bonchev–Trinajstić information content (AvgIpc) is 2.59. The monoisotopic (exact) mass is 194 g/mol. The quantitative estimate of drug-likeness (QED) is 0.393. The van der Waals surface area contributed by atoms with E-state index in [1.54, 1.807) is 11.8 Å². The molecule has 4 heteroatoms. The zero-order valence-electron chi connectivity index (χ0n) is 6.99. The molecule has 1 heterocycles. The van der Waals surface area contributed by atoms with Crippen molar-refractivity contribution in [1.29, 1.82) is 0 Å². The Balaban J connectivity index is 2.18. The second-order valence-electron chi connectivity index (χ2n) is 2.93. The summed E-state index contributed by atoms with van der Waals surface area (Å²) in [6, 6.07) is 8.05. The number of nitrogens with one attached hydrogen (secondary N) is 1. The highest BCUT2D eigenvalue weighted by atomic mass is 32.2. The maximum Gasteiger partial charge on any atom is 0.247 e.